The largest absolute Gasteiger partial charge is 0.478 e. The Hall–Kier alpha value is -6.28. The molecule has 236 valence electrons. The first-order chi connectivity index (χ1) is 23.2. The maximum absolute atomic E-state index is 14.0. The van der Waals surface area contributed by atoms with Crippen molar-refractivity contribution in [2.45, 2.75) is 26.9 Å². The average Bonchev–Trinajstić information content (AvgIpc) is 3.08. The zero-order chi connectivity index (χ0) is 33.7. The van der Waals surface area contributed by atoms with Gasteiger partial charge in [-0.15, -0.1) is 0 Å². The predicted molar refractivity (Wildman–Crippen MR) is 186 cm³/mol. The molecular formula is C40H30N2O6. The fourth-order valence-electron chi connectivity index (χ4n) is 6.78. The van der Waals surface area contributed by atoms with Crippen LogP contribution in [0.2, 0.25) is 0 Å². The number of benzene rings is 7. The zero-order valence-corrected chi connectivity index (χ0v) is 26.2. The lowest BCUT2D eigenvalue weighted by Crippen LogP contribution is -2.26. The van der Waals surface area contributed by atoms with Gasteiger partial charge in [-0.25, -0.2) is 9.59 Å². The second-order valence-electron chi connectivity index (χ2n) is 12.0. The first-order valence-electron chi connectivity index (χ1n) is 15.5. The molecule has 0 bridgehead atoms. The Balaban J connectivity index is 1.48. The summed E-state index contributed by atoms with van der Waals surface area (Å²) in [5, 5.41) is 30.4. The van der Waals surface area contributed by atoms with Crippen molar-refractivity contribution in [3.63, 3.8) is 0 Å². The van der Waals surface area contributed by atoms with E-state index >= 15 is 0 Å². The molecule has 0 fully saturated rings. The number of hydrogen-bond donors (Lipinski definition) is 4. The van der Waals surface area contributed by atoms with Crippen LogP contribution in [0.1, 0.15) is 63.7 Å². The van der Waals surface area contributed by atoms with Crippen molar-refractivity contribution in [1.29, 1.82) is 0 Å². The molecule has 2 amide bonds. The molecule has 0 aliphatic rings. The van der Waals surface area contributed by atoms with Gasteiger partial charge in [0.2, 0.25) is 0 Å². The van der Waals surface area contributed by atoms with Gasteiger partial charge in [-0.2, -0.15) is 0 Å². The summed E-state index contributed by atoms with van der Waals surface area (Å²) in [5.41, 5.74) is 4.40. The van der Waals surface area contributed by atoms with Crippen molar-refractivity contribution in [3.05, 3.63) is 142 Å². The Morgan fingerprint density at radius 1 is 0.458 bits per heavy atom. The average molecular weight is 635 g/mol. The number of carboxylic acids is 2. The summed E-state index contributed by atoms with van der Waals surface area (Å²) in [7, 11) is 0. The molecule has 8 nitrogen and oxygen atoms in total. The van der Waals surface area contributed by atoms with Crippen LogP contribution in [0.3, 0.4) is 0 Å². The number of fused-ring (bicyclic) bond motifs is 2. The maximum atomic E-state index is 14.0. The molecule has 0 unspecified atom stereocenters. The van der Waals surface area contributed by atoms with Crippen LogP contribution in [0.4, 0.5) is 0 Å². The maximum Gasteiger partial charge on any atom is 0.336 e. The van der Waals surface area contributed by atoms with E-state index in [1.807, 2.05) is 62.4 Å². The van der Waals surface area contributed by atoms with Crippen molar-refractivity contribution in [2.24, 2.45) is 0 Å². The van der Waals surface area contributed by atoms with Gasteiger partial charge in [0, 0.05) is 35.0 Å². The molecule has 7 aromatic rings. The summed E-state index contributed by atoms with van der Waals surface area (Å²) >= 11 is 0. The second-order valence-corrected chi connectivity index (χ2v) is 12.0. The van der Waals surface area contributed by atoms with Crippen LogP contribution < -0.4 is 10.6 Å². The molecule has 0 aliphatic carbocycles. The molecule has 0 saturated carbocycles. The van der Waals surface area contributed by atoms with E-state index in [2.05, 4.69) is 10.6 Å². The topological polar surface area (TPSA) is 133 Å². The lowest BCUT2D eigenvalue weighted by atomic mass is 9.84. The summed E-state index contributed by atoms with van der Waals surface area (Å²) < 4.78 is 0. The third-order valence-electron chi connectivity index (χ3n) is 9.25. The van der Waals surface area contributed by atoms with Crippen LogP contribution in [-0.4, -0.2) is 34.0 Å². The van der Waals surface area contributed by atoms with E-state index in [9.17, 15) is 29.4 Å². The van der Waals surface area contributed by atoms with E-state index in [0.717, 1.165) is 22.3 Å². The van der Waals surface area contributed by atoms with Gasteiger partial charge in [-0.1, -0.05) is 72.8 Å². The molecule has 48 heavy (non-hydrogen) atoms. The molecule has 7 rings (SSSR count). The first kappa shape index (κ1) is 30.4. The Morgan fingerprint density at radius 2 is 0.792 bits per heavy atom. The van der Waals surface area contributed by atoms with Gasteiger partial charge >= 0.3 is 11.9 Å². The van der Waals surface area contributed by atoms with Crippen LogP contribution >= 0.6 is 0 Å². The van der Waals surface area contributed by atoms with E-state index in [1.165, 1.54) is 12.1 Å². The van der Waals surface area contributed by atoms with Gasteiger partial charge in [0.1, 0.15) is 0 Å². The highest BCUT2D eigenvalue weighted by Gasteiger charge is 2.26. The Kier molecular flexibility index (Phi) is 7.48. The monoisotopic (exact) mass is 634 g/mol. The van der Waals surface area contributed by atoms with Crippen molar-refractivity contribution in [1.82, 2.24) is 10.6 Å². The smallest absolute Gasteiger partial charge is 0.336 e. The first-order valence-corrected chi connectivity index (χ1v) is 15.5. The van der Waals surface area contributed by atoms with E-state index in [0.29, 0.717) is 61.9 Å². The highest BCUT2D eigenvalue weighted by Crippen LogP contribution is 2.44. The zero-order valence-electron chi connectivity index (χ0n) is 26.2. The quantitative estimate of drug-likeness (QED) is 0.100. The molecule has 8 heteroatoms. The number of aromatic carboxylic acids is 2. The van der Waals surface area contributed by atoms with Crippen molar-refractivity contribution in [3.8, 4) is 0 Å². The van der Waals surface area contributed by atoms with Gasteiger partial charge in [-0.05, 0) is 92.7 Å². The molecule has 0 spiro atoms. The van der Waals surface area contributed by atoms with Gasteiger partial charge in [-0.3, -0.25) is 9.59 Å². The van der Waals surface area contributed by atoms with Crippen LogP contribution in [0, 0.1) is 13.8 Å². The minimum Gasteiger partial charge on any atom is -0.478 e. The normalized spacial score (nSPS) is 11.4. The number of rotatable bonds is 8. The lowest BCUT2D eigenvalue weighted by Gasteiger charge is -2.20. The standard InChI is InChI=1S/C40H30N2O6/c1-21-7-3-5-9-23(21)19-41-37(43)29-15-11-25-27-13-17-31(39(45)46)36-32(40(47)48)18-14-28(34(27)36)26-12-16-30(35(29)33(25)26)38(44)42-20-24-10-6-4-8-22(24)2/h3-18H,19-20H2,1-2H3,(H,41,43)(H,42,44)(H,45,46)(H,47,48). The van der Waals surface area contributed by atoms with Crippen molar-refractivity contribution < 1.29 is 29.4 Å². The fraction of sp³-hybridized carbons (Fsp3) is 0.100. The highest BCUT2D eigenvalue weighted by atomic mass is 16.4. The van der Waals surface area contributed by atoms with Crippen molar-refractivity contribution in [2.75, 3.05) is 0 Å². The molecule has 0 radical (unpaired) electrons. The summed E-state index contributed by atoms with van der Waals surface area (Å²) in [6.45, 7) is 4.54. The molecule has 0 atom stereocenters. The van der Waals surface area contributed by atoms with Crippen LogP contribution in [0.5, 0.6) is 0 Å². The number of carboxylic acid groups (broad SMARTS) is 2. The van der Waals surface area contributed by atoms with Gasteiger partial charge in [0.25, 0.3) is 11.8 Å². The van der Waals surface area contributed by atoms with Gasteiger partial charge in [0.05, 0.1) is 11.1 Å². The Bertz CT molecular complexity index is 2320. The molecule has 0 aromatic heterocycles. The predicted octanol–water partition coefficient (Wildman–Crippen LogP) is 7.61. The second kappa shape index (κ2) is 11.8. The molecular weight excluding hydrogens is 604 g/mol. The summed E-state index contributed by atoms with van der Waals surface area (Å²) in [5.74, 6) is -3.18. The third kappa shape index (κ3) is 4.95. The number of nitrogens with one attached hydrogen (secondary N) is 2. The molecule has 7 aromatic carbocycles. The molecule has 4 N–H and O–H groups in total. The minimum atomic E-state index is -1.24. The van der Waals surface area contributed by atoms with E-state index in [1.54, 1.807) is 36.4 Å². The minimum absolute atomic E-state index is 0.118. The molecule has 0 heterocycles. The Morgan fingerprint density at radius 3 is 1.15 bits per heavy atom. The fourth-order valence-corrected chi connectivity index (χ4v) is 6.78. The summed E-state index contributed by atoms with van der Waals surface area (Å²) in [6.07, 6.45) is 0. The number of carbonyl (C=O) groups is 4. The Labute approximate surface area is 275 Å². The summed E-state index contributed by atoms with van der Waals surface area (Å²) in [4.78, 5) is 52.5. The summed E-state index contributed by atoms with van der Waals surface area (Å²) in [6, 6.07) is 28.6. The number of aryl methyl sites for hydroxylation is 2. The van der Waals surface area contributed by atoms with Crippen LogP contribution in [0.25, 0.3) is 43.1 Å². The number of hydrogen-bond acceptors (Lipinski definition) is 4. The third-order valence-corrected chi connectivity index (χ3v) is 9.25. The molecule has 0 saturated heterocycles. The van der Waals surface area contributed by atoms with E-state index < -0.39 is 11.9 Å². The van der Waals surface area contributed by atoms with Gasteiger partial charge < -0.3 is 20.8 Å². The van der Waals surface area contributed by atoms with Crippen molar-refractivity contribution >= 4 is 66.8 Å². The number of carbonyl (C=O) groups excluding carboxylic acids is 2. The SMILES string of the molecule is Cc1ccccc1CNC(=O)c1ccc2c3ccc(C(=O)O)c4c(C(=O)O)ccc(c5ccc(C(=O)NCc6ccccc6C)c1c25)c43. The number of amides is 2. The molecule has 0 aliphatic heterocycles. The van der Waals surface area contributed by atoms with E-state index in [4.69, 9.17) is 0 Å². The lowest BCUT2D eigenvalue weighted by molar-refractivity contribution is 0.0695. The highest BCUT2D eigenvalue weighted by molar-refractivity contribution is 6.38. The van der Waals surface area contributed by atoms with Gasteiger partial charge in [0.15, 0.2) is 0 Å². The van der Waals surface area contributed by atoms with Crippen LogP contribution in [-0.2, 0) is 13.1 Å². The van der Waals surface area contributed by atoms with E-state index in [-0.39, 0.29) is 28.3 Å². The van der Waals surface area contributed by atoms with Crippen LogP contribution in [0.15, 0.2) is 97.1 Å².